The van der Waals surface area contributed by atoms with Gasteiger partial charge in [0.05, 0.1) is 5.41 Å². The van der Waals surface area contributed by atoms with E-state index in [-0.39, 0.29) is 31.5 Å². The fraction of sp³-hybridized carbons (Fsp3) is 0.346. The molecule has 0 bridgehead atoms. The summed E-state index contributed by atoms with van der Waals surface area (Å²) in [6.07, 6.45) is 1.32. The van der Waals surface area contributed by atoms with E-state index in [0.29, 0.717) is 18.5 Å². The second kappa shape index (κ2) is 9.10. The number of carboxylic acid groups (broad SMARTS) is 1. The molecule has 0 aromatic heterocycles. The van der Waals surface area contributed by atoms with Gasteiger partial charge in [-0.25, -0.2) is 9.59 Å². The largest absolute Gasteiger partial charge is 0.478 e. The number of benzene rings is 2. The Bertz CT molecular complexity index is 1080. The summed E-state index contributed by atoms with van der Waals surface area (Å²) in [4.78, 5) is 38.0. The first-order chi connectivity index (χ1) is 15.8. The number of carbonyl (C=O) groups excluding carboxylic acids is 2. The first-order valence-electron chi connectivity index (χ1n) is 11.1. The molecule has 0 saturated heterocycles. The molecule has 0 fully saturated rings. The molecule has 0 atom stereocenters. The van der Waals surface area contributed by atoms with Crippen LogP contribution in [0.2, 0.25) is 0 Å². The smallest absolute Gasteiger partial charge is 0.407 e. The number of nitrogens with zero attached hydrogens (tertiary/aromatic N) is 1. The van der Waals surface area contributed by atoms with Crippen LogP contribution in [-0.4, -0.2) is 54.2 Å². The number of hydrogen-bond donors (Lipinski definition) is 2. The minimum absolute atomic E-state index is 0.0265. The topological polar surface area (TPSA) is 95.9 Å². The molecule has 0 radical (unpaired) electrons. The van der Waals surface area contributed by atoms with Crippen molar-refractivity contribution in [1.29, 1.82) is 0 Å². The van der Waals surface area contributed by atoms with Crippen molar-refractivity contribution in [2.24, 2.45) is 5.41 Å². The van der Waals surface area contributed by atoms with Gasteiger partial charge in [-0.2, -0.15) is 0 Å². The summed E-state index contributed by atoms with van der Waals surface area (Å²) >= 11 is 0. The van der Waals surface area contributed by atoms with Gasteiger partial charge in [-0.05, 0) is 42.5 Å². The van der Waals surface area contributed by atoms with Crippen LogP contribution in [0.3, 0.4) is 0 Å². The first-order valence-corrected chi connectivity index (χ1v) is 11.1. The van der Waals surface area contributed by atoms with Gasteiger partial charge in [-0.1, -0.05) is 54.6 Å². The number of amides is 2. The normalized spacial score (nSPS) is 15.3. The molecule has 7 heteroatoms. The fourth-order valence-electron chi connectivity index (χ4n) is 4.49. The lowest BCUT2D eigenvalue weighted by molar-refractivity contribution is -0.140. The predicted octanol–water partition coefficient (Wildman–Crippen LogP) is 3.79. The molecule has 172 valence electrons. The van der Waals surface area contributed by atoms with Gasteiger partial charge < -0.3 is 20.1 Å². The molecule has 2 amide bonds. The van der Waals surface area contributed by atoms with Crippen molar-refractivity contribution in [2.45, 2.75) is 26.2 Å². The zero-order valence-electron chi connectivity index (χ0n) is 18.8. The van der Waals surface area contributed by atoms with E-state index in [1.54, 1.807) is 24.8 Å². The van der Waals surface area contributed by atoms with Gasteiger partial charge in [0.1, 0.15) is 6.61 Å². The number of carbonyl (C=O) groups is 3. The van der Waals surface area contributed by atoms with E-state index in [0.717, 1.165) is 22.3 Å². The second-order valence-corrected chi connectivity index (χ2v) is 9.10. The highest BCUT2D eigenvalue weighted by Crippen LogP contribution is 2.44. The Morgan fingerprint density at radius 2 is 1.67 bits per heavy atom. The molecular weight excluding hydrogens is 420 g/mol. The van der Waals surface area contributed by atoms with E-state index in [2.05, 4.69) is 29.6 Å². The van der Waals surface area contributed by atoms with Crippen LogP contribution in [0, 0.1) is 5.41 Å². The van der Waals surface area contributed by atoms with Crippen molar-refractivity contribution >= 4 is 18.0 Å². The number of rotatable bonds is 6. The molecule has 4 rings (SSSR count). The third-order valence-electron chi connectivity index (χ3n) is 6.37. The summed E-state index contributed by atoms with van der Waals surface area (Å²) in [5, 5.41) is 11.8. The summed E-state index contributed by atoms with van der Waals surface area (Å²) in [5.74, 6) is -1.11. The van der Waals surface area contributed by atoms with E-state index in [1.165, 1.54) is 0 Å². The van der Waals surface area contributed by atoms with Crippen LogP contribution >= 0.6 is 0 Å². The fourth-order valence-corrected chi connectivity index (χ4v) is 4.49. The molecular formula is C26H28N2O5. The van der Waals surface area contributed by atoms with E-state index >= 15 is 0 Å². The SMILES string of the molecule is CC(C)(CNC(=O)OCC1c2ccccc2-c2ccccc21)C(=O)N1CC=C(C(=O)O)CC1. The Hall–Kier alpha value is -3.61. The van der Waals surface area contributed by atoms with Crippen molar-refractivity contribution < 1.29 is 24.2 Å². The molecule has 33 heavy (non-hydrogen) atoms. The maximum Gasteiger partial charge on any atom is 0.407 e. The van der Waals surface area contributed by atoms with Crippen LogP contribution in [0.5, 0.6) is 0 Å². The standard InChI is InChI=1S/C26H28N2O5/c1-26(2,24(31)28-13-11-17(12-14-28)23(29)30)16-27-25(32)33-15-22-20-9-5-3-7-18(20)19-8-4-6-10-21(19)22/h3-11,22H,12-16H2,1-2H3,(H,27,32)(H,29,30). The Kier molecular flexibility index (Phi) is 6.22. The summed E-state index contributed by atoms with van der Waals surface area (Å²) in [5.41, 5.74) is 4.08. The van der Waals surface area contributed by atoms with Crippen LogP contribution in [0.4, 0.5) is 4.79 Å². The van der Waals surface area contributed by atoms with E-state index in [1.807, 2.05) is 24.3 Å². The van der Waals surface area contributed by atoms with Gasteiger partial charge in [-0.3, -0.25) is 4.79 Å². The predicted molar refractivity (Wildman–Crippen MR) is 124 cm³/mol. The third-order valence-corrected chi connectivity index (χ3v) is 6.37. The maximum atomic E-state index is 12.9. The van der Waals surface area contributed by atoms with Crippen molar-refractivity contribution in [3.8, 4) is 11.1 Å². The molecule has 2 aromatic rings. The lowest BCUT2D eigenvalue weighted by atomic mass is 9.90. The number of nitrogens with one attached hydrogen (secondary N) is 1. The van der Waals surface area contributed by atoms with E-state index in [4.69, 9.17) is 9.84 Å². The zero-order chi connectivity index (χ0) is 23.6. The van der Waals surface area contributed by atoms with Gasteiger partial charge in [-0.15, -0.1) is 0 Å². The third kappa shape index (κ3) is 4.62. The Morgan fingerprint density at radius 1 is 1.06 bits per heavy atom. The molecule has 0 saturated carbocycles. The molecule has 2 aliphatic rings. The van der Waals surface area contributed by atoms with Crippen molar-refractivity contribution in [2.75, 3.05) is 26.2 Å². The van der Waals surface area contributed by atoms with E-state index < -0.39 is 17.5 Å². The number of aliphatic carboxylic acids is 1. The number of ether oxygens (including phenoxy) is 1. The average molecular weight is 449 g/mol. The zero-order valence-corrected chi connectivity index (χ0v) is 18.8. The van der Waals surface area contributed by atoms with Gasteiger partial charge in [0.15, 0.2) is 0 Å². The lowest BCUT2D eigenvalue weighted by Crippen LogP contribution is -2.48. The summed E-state index contributed by atoms with van der Waals surface area (Å²) in [7, 11) is 0. The highest BCUT2D eigenvalue weighted by Gasteiger charge is 2.34. The van der Waals surface area contributed by atoms with Gasteiger partial charge >= 0.3 is 12.1 Å². The molecule has 1 aliphatic carbocycles. The highest BCUT2D eigenvalue weighted by atomic mass is 16.5. The minimum Gasteiger partial charge on any atom is -0.478 e. The van der Waals surface area contributed by atoms with Gasteiger partial charge in [0, 0.05) is 31.1 Å². The number of alkyl carbamates (subject to hydrolysis) is 1. The molecule has 1 heterocycles. The van der Waals surface area contributed by atoms with Crippen molar-refractivity contribution in [1.82, 2.24) is 10.2 Å². The molecule has 7 nitrogen and oxygen atoms in total. The van der Waals surface area contributed by atoms with Crippen LogP contribution in [0.25, 0.3) is 11.1 Å². The molecule has 1 aliphatic heterocycles. The minimum atomic E-state index is -0.946. The second-order valence-electron chi connectivity index (χ2n) is 9.10. The van der Waals surface area contributed by atoms with Crippen LogP contribution in [-0.2, 0) is 14.3 Å². The van der Waals surface area contributed by atoms with Crippen molar-refractivity contribution in [3.63, 3.8) is 0 Å². The maximum absolute atomic E-state index is 12.9. The monoisotopic (exact) mass is 448 g/mol. The quantitative estimate of drug-likeness (QED) is 0.701. The number of hydrogen-bond acceptors (Lipinski definition) is 4. The summed E-state index contributed by atoms with van der Waals surface area (Å²) in [6, 6.07) is 16.3. The Labute approximate surface area is 193 Å². The van der Waals surface area contributed by atoms with Crippen LogP contribution < -0.4 is 5.32 Å². The Balaban J connectivity index is 1.33. The molecule has 0 unspecified atom stereocenters. The Morgan fingerprint density at radius 3 is 2.21 bits per heavy atom. The summed E-state index contributed by atoms with van der Waals surface area (Å²) in [6.45, 7) is 4.46. The van der Waals surface area contributed by atoms with Gasteiger partial charge in [0.2, 0.25) is 5.91 Å². The van der Waals surface area contributed by atoms with Crippen LogP contribution in [0.15, 0.2) is 60.2 Å². The molecule has 0 spiro atoms. The van der Waals surface area contributed by atoms with Crippen molar-refractivity contribution in [3.05, 3.63) is 71.3 Å². The molecule has 2 N–H and O–H groups in total. The average Bonchev–Trinajstić information content (AvgIpc) is 3.15. The summed E-state index contributed by atoms with van der Waals surface area (Å²) < 4.78 is 5.55. The lowest BCUT2D eigenvalue weighted by Gasteiger charge is -2.33. The highest BCUT2D eigenvalue weighted by molar-refractivity contribution is 5.88. The molecule has 2 aromatic carbocycles. The number of carboxylic acids is 1. The van der Waals surface area contributed by atoms with Crippen LogP contribution in [0.1, 0.15) is 37.3 Å². The number of fused-ring (bicyclic) bond motifs is 3. The van der Waals surface area contributed by atoms with E-state index in [9.17, 15) is 14.4 Å². The van der Waals surface area contributed by atoms with Gasteiger partial charge in [0.25, 0.3) is 0 Å². The first kappa shape index (κ1) is 22.6.